The van der Waals surface area contributed by atoms with Crippen molar-refractivity contribution in [2.75, 3.05) is 18.6 Å². The van der Waals surface area contributed by atoms with Gasteiger partial charge in [-0.3, -0.25) is 4.79 Å². The van der Waals surface area contributed by atoms with Crippen molar-refractivity contribution in [3.63, 3.8) is 0 Å². The second-order valence-corrected chi connectivity index (χ2v) is 5.26. The highest BCUT2D eigenvalue weighted by atomic mass is 32.2. The van der Waals surface area contributed by atoms with E-state index in [2.05, 4.69) is 19.2 Å². The molecule has 0 bridgehead atoms. The van der Waals surface area contributed by atoms with Gasteiger partial charge in [0.15, 0.2) is 0 Å². The smallest absolute Gasteiger partial charge is 0.323 e. The van der Waals surface area contributed by atoms with Gasteiger partial charge in [0.2, 0.25) is 0 Å². The van der Waals surface area contributed by atoms with Crippen molar-refractivity contribution in [1.29, 1.82) is 0 Å². The minimum absolute atomic E-state index is 0.124. The van der Waals surface area contributed by atoms with Crippen molar-refractivity contribution >= 4 is 17.7 Å². The summed E-state index contributed by atoms with van der Waals surface area (Å²) in [6.45, 7) is 4.20. The number of carbonyl (C=O) groups excluding carboxylic acids is 1. The number of methoxy groups -OCH3 is 1. The molecule has 0 spiro atoms. The van der Waals surface area contributed by atoms with Crippen molar-refractivity contribution in [3.05, 3.63) is 0 Å². The van der Waals surface area contributed by atoms with Gasteiger partial charge in [-0.15, -0.1) is 0 Å². The van der Waals surface area contributed by atoms with Crippen molar-refractivity contribution in [2.24, 2.45) is 5.92 Å². The van der Waals surface area contributed by atoms with E-state index in [-0.39, 0.29) is 12.0 Å². The minimum atomic E-state index is -0.135. The Bertz CT molecular complexity index is 205. The first-order valence-corrected chi connectivity index (χ1v) is 6.76. The van der Waals surface area contributed by atoms with Crippen LogP contribution in [0.2, 0.25) is 0 Å². The van der Waals surface area contributed by atoms with Crippen molar-refractivity contribution in [1.82, 2.24) is 5.32 Å². The van der Waals surface area contributed by atoms with Gasteiger partial charge in [0.05, 0.1) is 7.11 Å². The molecule has 0 amide bonds. The Kier molecular flexibility index (Phi) is 5.47. The van der Waals surface area contributed by atoms with Gasteiger partial charge < -0.3 is 10.1 Å². The predicted molar refractivity (Wildman–Crippen MR) is 64.1 cm³/mol. The highest BCUT2D eigenvalue weighted by Gasteiger charge is 2.28. The lowest BCUT2D eigenvalue weighted by molar-refractivity contribution is -0.144. The lowest BCUT2D eigenvalue weighted by Crippen LogP contribution is -2.47. The molecule has 4 heteroatoms. The van der Waals surface area contributed by atoms with E-state index in [0.717, 1.165) is 18.6 Å². The zero-order chi connectivity index (χ0) is 11.3. The highest BCUT2D eigenvalue weighted by molar-refractivity contribution is 7.99. The summed E-state index contributed by atoms with van der Waals surface area (Å²) in [5, 5.41) is 3.42. The molecule has 3 unspecified atom stereocenters. The van der Waals surface area contributed by atoms with Crippen LogP contribution in [0.4, 0.5) is 0 Å². The zero-order valence-electron chi connectivity index (χ0n) is 9.79. The molecule has 0 saturated carbocycles. The Morgan fingerprint density at radius 1 is 1.67 bits per heavy atom. The first kappa shape index (κ1) is 12.8. The van der Waals surface area contributed by atoms with Crippen LogP contribution in [0.1, 0.15) is 26.7 Å². The van der Waals surface area contributed by atoms with E-state index >= 15 is 0 Å². The van der Waals surface area contributed by atoms with E-state index in [1.807, 2.05) is 11.8 Å². The first-order chi connectivity index (χ1) is 7.19. The normalized spacial score (nSPS) is 24.9. The number of esters is 1. The molecule has 88 valence electrons. The first-order valence-electron chi connectivity index (χ1n) is 5.60. The summed E-state index contributed by atoms with van der Waals surface area (Å²) in [6, 6.07) is 0.344. The number of rotatable bonds is 5. The maximum absolute atomic E-state index is 11.6. The fourth-order valence-corrected chi connectivity index (χ4v) is 2.91. The van der Waals surface area contributed by atoms with Gasteiger partial charge in [0, 0.05) is 11.8 Å². The van der Waals surface area contributed by atoms with Crippen LogP contribution in [-0.4, -0.2) is 36.7 Å². The molecule has 1 aliphatic rings. The summed E-state index contributed by atoms with van der Waals surface area (Å²) in [5.74, 6) is 2.53. The molecule has 3 atom stereocenters. The molecule has 15 heavy (non-hydrogen) atoms. The molecule has 0 aromatic rings. The summed E-state index contributed by atoms with van der Waals surface area (Å²) in [4.78, 5) is 11.6. The quantitative estimate of drug-likeness (QED) is 0.731. The Labute approximate surface area is 96.3 Å². The standard InChI is InChI=1S/C11H21NO2S/c1-4-8(2)10(11(13)14-3)12-9-5-6-15-7-9/h8-10,12H,4-7H2,1-3H3. The van der Waals surface area contributed by atoms with E-state index in [1.165, 1.54) is 12.9 Å². The second-order valence-electron chi connectivity index (χ2n) is 4.11. The Morgan fingerprint density at radius 3 is 2.87 bits per heavy atom. The van der Waals surface area contributed by atoms with Crippen LogP contribution in [0.3, 0.4) is 0 Å². The van der Waals surface area contributed by atoms with Crippen LogP contribution < -0.4 is 5.32 Å². The lowest BCUT2D eigenvalue weighted by Gasteiger charge is -2.25. The van der Waals surface area contributed by atoms with Gasteiger partial charge in [0.1, 0.15) is 6.04 Å². The van der Waals surface area contributed by atoms with Gasteiger partial charge in [-0.25, -0.2) is 0 Å². The van der Waals surface area contributed by atoms with Crippen LogP contribution in [0, 0.1) is 5.92 Å². The Balaban J connectivity index is 2.51. The van der Waals surface area contributed by atoms with E-state index in [1.54, 1.807) is 0 Å². The van der Waals surface area contributed by atoms with Crippen LogP contribution in [0.5, 0.6) is 0 Å². The highest BCUT2D eigenvalue weighted by Crippen LogP contribution is 2.19. The molecule has 3 nitrogen and oxygen atoms in total. The molecular formula is C11H21NO2S. The molecule has 1 saturated heterocycles. The number of thioether (sulfide) groups is 1. The maximum atomic E-state index is 11.6. The third-order valence-corrected chi connectivity index (χ3v) is 4.18. The molecule has 1 rings (SSSR count). The largest absolute Gasteiger partial charge is 0.468 e. The molecule has 0 radical (unpaired) electrons. The van der Waals surface area contributed by atoms with Crippen LogP contribution in [0.15, 0.2) is 0 Å². The van der Waals surface area contributed by atoms with Crippen molar-refractivity contribution in [2.45, 2.75) is 38.8 Å². The van der Waals surface area contributed by atoms with Crippen LogP contribution in [0.25, 0.3) is 0 Å². The molecule has 1 aliphatic heterocycles. The van der Waals surface area contributed by atoms with E-state index < -0.39 is 0 Å². The Morgan fingerprint density at radius 2 is 2.40 bits per heavy atom. The van der Waals surface area contributed by atoms with E-state index in [4.69, 9.17) is 4.74 Å². The summed E-state index contributed by atoms with van der Waals surface area (Å²) < 4.78 is 4.84. The van der Waals surface area contributed by atoms with Gasteiger partial charge in [0.25, 0.3) is 0 Å². The van der Waals surface area contributed by atoms with Crippen LogP contribution >= 0.6 is 11.8 Å². The number of nitrogens with one attached hydrogen (secondary N) is 1. The molecular weight excluding hydrogens is 210 g/mol. The van der Waals surface area contributed by atoms with Gasteiger partial charge in [-0.2, -0.15) is 11.8 Å². The van der Waals surface area contributed by atoms with Crippen LogP contribution in [-0.2, 0) is 9.53 Å². The second kappa shape index (κ2) is 6.38. The summed E-state index contributed by atoms with van der Waals surface area (Å²) in [6.07, 6.45) is 2.15. The topological polar surface area (TPSA) is 38.3 Å². The summed E-state index contributed by atoms with van der Waals surface area (Å²) >= 11 is 1.95. The molecule has 0 aromatic heterocycles. The van der Waals surface area contributed by atoms with E-state index in [9.17, 15) is 4.79 Å². The average molecular weight is 231 g/mol. The summed E-state index contributed by atoms with van der Waals surface area (Å²) in [5.41, 5.74) is 0. The molecule has 0 aliphatic carbocycles. The minimum Gasteiger partial charge on any atom is -0.468 e. The zero-order valence-corrected chi connectivity index (χ0v) is 10.6. The predicted octanol–water partition coefficient (Wildman–Crippen LogP) is 1.67. The molecule has 1 heterocycles. The van der Waals surface area contributed by atoms with Crippen molar-refractivity contribution < 1.29 is 9.53 Å². The van der Waals surface area contributed by atoms with Gasteiger partial charge in [-0.05, 0) is 18.1 Å². The number of ether oxygens (including phenoxy) is 1. The fourth-order valence-electron chi connectivity index (χ4n) is 1.75. The summed E-state index contributed by atoms with van der Waals surface area (Å²) in [7, 11) is 1.46. The number of carbonyl (C=O) groups is 1. The lowest BCUT2D eigenvalue weighted by atomic mass is 9.98. The molecule has 1 fully saturated rings. The van der Waals surface area contributed by atoms with E-state index in [0.29, 0.717) is 12.0 Å². The number of hydrogen-bond donors (Lipinski definition) is 1. The van der Waals surface area contributed by atoms with Gasteiger partial charge in [-0.1, -0.05) is 20.3 Å². The fraction of sp³-hybridized carbons (Fsp3) is 0.909. The Hall–Kier alpha value is -0.220. The monoisotopic (exact) mass is 231 g/mol. The number of hydrogen-bond acceptors (Lipinski definition) is 4. The maximum Gasteiger partial charge on any atom is 0.323 e. The van der Waals surface area contributed by atoms with Gasteiger partial charge >= 0.3 is 5.97 Å². The molecule has 1 N–H and O–H groups in total. The average Bonchev–Trinajstić information content (AvgIpc) is 2.76. The molecule has 0 aromatic carbocycles. The third-order valence-electron chi connectivity index (χ3n) is 3.01. The third kappa shape index (κ3) is 3.68. The van der Waals surface area contributed by atoms with Crippen molar-refractivity contribution in [3.8, 4) is 0 Å². The SMILES string of the molecule is CCC(C)C(NC1CCSC1)C(=O)OC.